The number of carbonyl (C=O) groups excluding carboxylic acids is 2. The molecule has 0 saturated carbocycles. The Morgan fingerprint density at radius 3 is 1.97 bits per heavy atom. The van der Waals surface area contributed by atoms with Crippen LogP contribution in [0.25, 0.3) is 0 Å². The van der Waals surface area contributed by atoms with Crippen molar-refractivity contribution >= 4 is 17.5 Å². The predicted octanol–water partition coefficient (Wildman–Crippen LogP) is 4.99. The monoisotopic (exact) mass is 427 g/mol. The molecule has 0 unspecified atom stereocenters. The highest BCUT2D eigenvalue weighted by Gasteiger charge is 2.29. The SMILES string of the molecule is CC(C)c1cccc(C(C)C)c1NC(=O)CN1CCC(C(=O)N2CCCCCC2)CC1. The fourth-order valence-corrected chi connectivity index (χ4v) is 4.96. The lowest BCUT2D eigenvalue weighted by atomic mass is 9.92. The molecule has 1 aromatic carbocycles. The highest BCUT2D eigenvalue weighted by Crippen LogP contribution is 2.32. The Hall–Kier alpha value is -1.88. The lowest BCUT2D eigenvalue weighted by Crippen LogP contribution is -2.44. The molecule has 2 heterocycles. The third-order valence-electron chi connectivity index (χ3n) is 6.86. The van der Waals surface area contributed by atoms with Gasteiger partial charge in [-0.3, -0.25) is 14.5 Å². The summed E-state index contributed by atoms with van der Waals surface area (Å²) in [4.78, 5) is 30.1. The molecule has 2 aliphatic heterocycles. The Morgan fingerprint density at radius 2 is 1.45 bits per heavy atom. The Labute approximate surface area is 188 Å². The van der Waals surface area contributed by atoms with Gasteiger partial charge in [-0.1, -0.05) is 58.7 Å². The highest BCUT2D eigenvalue weighted by atomic mass is 16.2. The maximum absolute atomic E-state index is 12.9. The molecule has 0 aromatic heterocycles. The second kappa shape index (κ2) is 11.1. The molecule has 0 radical (unpaired) electrons. The van der Waals surface area contributed by atoms with E-state index < -0.39 is 0 Å². The molecule has 0 spiro atoms. The summed E-state index contributed by atoms with van der Waals surface area (Å²) < 4.78 is 0. The van der Waals surface area contributed by atoms with Gasteiger partial charge in [0.15, 0.2) is 0 Å². The molecule has 5 heteroatoms. The van der Waals surface area contributed by atoms with Crippen molar-refractivity contribution in [3.8, 4) is 0 Å². The molecule has 5 nitrogen and oxygen atoms in total. The molecule has 3 rings (SSSR count). The molecule has 0 atom stereocenters. The second-order valence-electron chi connectivity index (χ2n) is 9.96. The van der Waals surface area contributed by atoms with Crippen LogP contribution in [0.2, 0.25) is 0 Å². The van der Waals surface area contributed by atoms with Gasteiger partial charge in [0.1, 0.15) is 0 Å². The van der Waals surface area contributed by atoms with Crippen molar-refractivity contribution in [1.29, 1.82) is 0 Å². The van der Waals surface area contributed by atoms with Crippen molar-refractivity contribution < 1.29 is 9.59 Å². The number of piperidine rings is 1. The summed E-state index contributed by atoms with van der Waals surface area (Å²) in [5.74, 6) is 1.24. The van der Waals surface area contributed by atoms with E-state index in [0.29, 0.717) is 24.3 Å². The normalized spacial score (nSPS) is 19.0. The standard InChI is InChI=1S/C26H41N3O2/c1-19(2)22-10-9-11-23(20(3)4)25(22)27-24(30)18-28-16-12-21(13-17-28)26(31)29-14-7-5-6-8-15-29/h9-11,19-21H,5-8,12-18H2,1-4H3,(H,27,30). The average Bonchev–Trinajstić information content (AvgIpc) is 3.03. The predicted molar refractivity (Wildman–Crippen MR) is 127 cm³/mol. The van der Waals surface area contributed by atoms with Crippen LogP contribution in [0.5, 0.6) is 0 Å². The van der Waals surface area contributed by atoms with Gasteiger partial charge < -0.3 is 10.2 Å². The summed E-state index contributed by atoms with van der Waals surface area (Å²) in [5, 5.41) is 3.23. The van der Waals surface area contributed by atoms with E-state index in [1.54, 1.807) is 0 Å². The lowest BCUT2D eigenvalue weighted by molar-refractivity contribution is -0.137. The van der Waals surface area contributed by atoms with E-state index in [-0.39, 0.29) is 11.8 Å². The Balaban J connectivity index is 1.54. The van der Waals surface area contributed by atoms with Gasteiger partial charge in [0, 0.05) is 24.7 Å². The maximum atomic E-state index is 12.9. The van der Waals surface area contributed by atoms with Crippen LogP contribution in [-0.4, -0.2) is 54.3 Å². The number of benzene rings is 1. The number of amides is 2. The molecule has 2 amide bonds. The summed E-state index contributed by atoms with van der Waals surface area (Å²) in [5.41, 5.74) is 3.38. The third kappa shape index (κ3) is 6.31. The number of para-hydroxylation sites is 1. The van der Waals surface area contributed by atoms with Gasteiger partial charge >= 0.3 is 0 Å². The van der Waals surface area contributed by atoms with Gasteiger partial charge in [0.2, 0.25) is 11.8 Å². The number of hydrogen-bond donors (Lipinski definition) is 1. The first-order chi connectivity index (χ1) is 14.9. The van der Waals surface area contributed by atoms with E-state index >= 15 is 0 Å². The smallest absolute Gasteiger partial charge is 0.238 e. The zero-order chi connectivity index (χ0) is 22.4. The lowest BCUT2D eigenvalue weighted by Gasteiger charge is -2.33. The van der Waals surface area contributed by atoms with E-state index in [0.717, 1.165) is 57.5 Å². The van der Waals surface area contributed by atoms with E-state index in [9.17, 15) is 9.59 Å². The molecule has 31 heavy (non-hydrogen) atoms. The van der Waals surface area contributed by atoms with Crippen LogP contribution in [0.4, 0.5) is 5.69 Å². The third-order valence-corrected chi connectivity index (χ3v) is 6.86. The van der Waals surface area contributed by atoms with Crippen molar-refractivity contribution in [3.63, 3.8) is 0 Å². The molecular weight excluding hydrogens is 386 g/mol. The van der Waals surface area contributed by atoms with Gasteiger partial charge in [-0.15, -0.1) is 0 Å². The summed E-state index contributed by atoms with van der Waals surface area (Å²) in [7, 11) is 0. The second-order valence-corrected chi connectivity index (χ2v) is 9.96. The quantitative estimate of drug-likeness (QED) is 0.696. The van der Waals surface area contributed by atoms with E-state index in [1.165, 1.54) is 24.0 Å². The summed E-state index contributed by atoms with van der Waals surface area (Å²) in [6.45, 7) is 12.6. The molecule has 2 fully saturated rings. The first-order valence-corrected chi connectivity index (χ1v) is 12.3. The minimum absolute atomic E-state index is 0.0484. The first kappa shape index (κ1) is 23.8. The molecule has 2 aliphatic rings. The fraction of sp³-hybridized carbons (Fsp3) is 0.692. The summed E-state index contributed by atoms with van der Waals surface area (Å²) in [6.07, 6.45) is 6.50. The first-order valence-electron chi connectivity index (χ1n) is 12.3. The van der Waals surface area contributed by atoms with E-state index in [4.69, 9.17) is 0 Å². The average molecular weight is 428 g/mol. The molecule has 1 aromatic rings. The Kier molecular flexibility index (Phi) is 8.53. The van der Waals surface area contributed by atoms with Gasteiger partial charge in [-0.05, 0) is 61.7 Å². The van der Waals surface area contributed by atoms with Crippen LogP contribution >= 0.6 is 0 Å². The zero-order valence-corrected chi connectivity index (χ0v) is 20.0. The largest absolute Gasteiger partial charge is 0.342 e. The fourth-order valence-electron chi connectivity index (χ4n) is 4.96. The van der Waals surface area contributed by atoms with Crippen molar-refractivity contribution in [3.05, 3.63) is 29.3 Å². The van der Waals surface area contributed by atoms with Gasteiger partial charge in [-0.2, -0.15) is 0 Å². The number of rotatable bonds is 6. The number of nitrogens with zero attached hydrogens (tertiary/aromatic N) is 2. The minimum Gasteiger partial charge on any atom is -0.342 e. The summed E-state index contributed by atoms with van der Waals surface area (Å²) in [6, 6.07) is 6.32. The number of anilines is 1. The minimum atomic E-state index is 0.0484. The maximum Gasteiger partial charge on any atom is 0.238 e. The Morgan fingerprint density at radius 1 is 0.903 bits per heavy atom. The number of hydrogen-bond acceptors (Lipinski definition) is 3. The molecule has 0 aliphatic carbocycles. The molecule has 0 bridgehead atoms. The van der Waals surface area contributed by atoms with Crippen molar-refractivity contribution in [2.45, 2.75) is 78.1 Å². The highest BCUT2D eigenvalue weighted by molar-refractivity contribution is 5.94. The number of likely N-dealkylation sites (tertiary alicyclic amines) is 2. The molecule has 172 valence electrons. The number of nitrogens with one attached hydrogen (secondary N) is 1. The van der Waals surface area contributed by atoms with Crippen LogP contribution in [0, 0.1) is 5.92 Å². The molecule has 1 N–H and O–H groups in total. The Bertz CT molecular complexity index is 717. The van der Waals surface area contributed by atoms with Gasteiger partial charge in [-0.25, -0.2) is 0 Å². The summed E-state index contributed by atoms with van der Waals surface area (Å²) >= 11 is 0. The van der Waals surface area contributed by atoms with Crippen LogP contribution < -0.4 is 5.32 Å². The van der Waals surface area contributed by atoms with Crippen molar-refractivity contribution in [2.75, 3.05) is 38.0 Å². The van der Waals surface area contributed by atoms with E-state index in [1.807, 2.05) is 0 Å². The van der Waals surface area contributed by atoms with Crippen LogP contribution in [0.3, 0.4) is 0 Å². The van der Waals surface area contributed by atoms with Gasteiger partial charge in [0.25, 0.3) is 0 Å². The number of carbonyl (C=O) groups is 2. The van der Waals surface area contributed by atoms with Gasteiger partial charge in [0.05, 0.1) is 6.54 Å². The van der Waals surface area contributed by atoms with E-state index in [2.05, 4.69) is 61.0 Å². The van der Waals surface area contributed by atoms with Crippen molar-refractivity contribution in [2.24, 2.45) is 5.92 Å². The molecule has 2 saturated heterocycles. The zero-order valence-electron chi connectivity index (χ0n) is 20.0. The van der Waals surface area contributed by atoms with Crippen molar-refractivity contribution in [1.82, 2.24) is 9.80 Å². The van der Waals surface area contributed by atoms with Crippen LogP contribution in [0.1, 0.15) is 89.2 Å². The molecular formula is C26H41N3O2. The van der Waals surface area contributed by atoms with Crippen LogP contribution in [0.15, 0.2) is 18.2 Å². The topological polar surface area (TPSA) is 52.7 Å². The van der Waals surface area contributed by atoms with Crippen LogP contribution in [-0.2, 0) is 9.59 Å².